The Kier molecular flexibility index (Phi) is 6.45. The van der Waals surface area contributed by atoms with E-state index in [2.05, 4.69) is 5.32 Å². The van der Waals surface area contributed by atoms with Crippen molar-refractivity contribution in [3.63, 3.8) is 0 Å². The zero-order valence-corrected chi connectivity index (χ0v) is 14.2. The van der Waals surface area contributed by atoms with Gasteiger partial charge in [0.25, 0.3) is 0 Å². The Bertz CT molecular complexity index is 599. The highest BCUT2D eigenvalue weighted by molar-refractivity contribution is 5.81. The second-order valence-corrected chi connectivity index (χ2v) is 6.34. The number of halogens is 3. The molecule has 2 rings (SSSR count). The van der Waals surface area contributed by atoms with Crippen LogP contribution >= 0.6 is 0 Å². The molecule has 0 radical (unpaired) electrons. The highest BCUT2D eigenvalue weighted by Gasteiger charge is 2.30. The fourth-order valence-corrected chi connectivity index (χ4v) is 2.93. The topological polar surface area (TPSA) is 49.4 Å². The molecule has 1 aromatic rings. The Morgan fingerprint density at radius 3 is 2.52 bits per heavy atom. The molecule has 0 aliphatic carbocycles. The van der Waals surface area contributed by atoms with Crippen molar-refractivity contribution in [1.82, 2.24) is 10.2 Å². The van der Waals surface area contributed by atoms with E-state index in [0.717, 1.165) is 31.4 Å². The summed E-state index contributed by atoms with van der Waals surface area (Å²) in [4.78, 5) is 26.0. The van der Waals surface area contributed by atoms with Gasteiger partial charge < -0.3 is 10.2 Å². The maximum atomic E-state index is 12.5. The van der Waals surface area contributed by atoms with Crippen LogP contribution in [0.15, 0.2) is 24.3 Å². The fraction of sp³-hybridized carbons (Fsp3) is 0.556. The summed E-state index contributed by atoms with van der Waals surface area (Å²) < 4.78 is 37.6. The summed E-state index contributed by atoms with van der Waals surface area (Å²) in [6.07, 6.45) is -1.60. The predicted molar refractivity (Wildman–Crippen MR) is 87.5 cm³/mol. The molecule has 1 atom stereocenters. The van der Waals surface area contributed by atoms with Crippen molar-refractivity contribution in [3.8, 4) is 0 Å². The Hall–Kier alpha value is -2.05. The van der Waals surface area contributed by atoms with Crippen LogP contribution in [0.4, 0.5) is 13.2 Å². The molecular formula is C18H23F3N2O2. The van der Waals surface area contributed by atoms with Gasteiger partial charge in [-0.15, -0.1) is 0 Å². The first-order chi connectivity index (χ1) is 11.8. The van der Waals surface area contributed by atoms with Gasteiger partial charge in [-0.1, -0.05) is 19.1 Å². The highest BCUT2D eigenvalue weighted by Crippen LogP contribution is 2.29. The van der Waals surface area contributed by atoms with Gasteiger partial charge in [0.05, 0.1) is 11.5 Å². The Morgan fingerprint density at radius 2 is 1.92 bits per heavy atom. The Labute approximate surface area is 145 Å². The van der Waals surface area contributed by atoms with E-state index in [1.165, 1.54) is 12.1 Å². The molecule has 1 saturated heterocycles. The number of alkyl halides is 3. The Morgan fingerprint density at radius 1 is 1.24 bits per heavy atom. The first-order valence-electron chi connectivity index (χ1n) is 8.53. The van der Waals surface area contributed by atoms with Crippen LogP contribution in [0.1, 0.15) is 43.7 Å². The van der Waals surface area contributed by atoms with Crippen molar-refractivity contribution in [2.75, 3.05) is 13.1 Å². The maximum Gasteiger partial charge on any atom is 0.416 e. The minimum atomic E-state index is -4.36. The van der Waals surface area contributed by atoms with Gasteiger partial charge in [-0.2, -0.15) is 13.2 Å². The number of hydrogen-bond acceptors (Lipinski definition) is 2. The number of likely N-dealkylation sites (tertiary alicyclic amines) is 1. The van der Waals surface area contributed by atoms with E-state index in [4.69, 9.17) is 0 Å². The van der Waals surface area contributed by atoms with E-state index in [-0.39, 0.29) is 24.3 Å². The lowest BCUT2D eigenvalue weighted by molar-refractivity contribution is -0.138. The lowest BCUT2D eigenvalue weighted by Crippen LogP contribution is -2.45. The number of carbonyl (C=O) groups excluding carboxylic acids is 2. The zero-order valence-electron chi connectivity index (χ0n) is 14.2. The number of amides is 2. The number of piperidine rings is 1. The summed E-state index contributed by atoms with van der Waals surface area (Å²) >= 11 is 0. The molecule has 1 fully saturated rings. The lowest BCUT2D eigenvalue weighted by Gasteiger charge is -2.32. The summed E-state index contributed by atoms with van der Waals surface area (Å²) in [6, 6.07) is 4.74. The number of carbonyl (C=O) groups is 2. The van der Waals surface area contributed by atoms with Gasteiger partial charge in [0.1, 0.15) is 0 Å². The predicted octanol–water partition coefficient (Wildman–Crippen LogP) is 3.36. The molecule has 7 heteroatoms. The average molecular weight is 356 g/mol. The van der Waals surface area contributed by atoms with Crippen LogP contribution in [0.5, 0.6) is 0 Å². The van der Waals surface area contributed by atoms with E-state index >= 15 is 0 Å². The molecule has 1 aliphatic heterocycles. The van der Waals surface area contributed by atoms with Crippen LogP contribution in [-0.2, 0) is 22.3 Å². The molecule has 4 nitrogen and oxygen atoms in total. The monoisotopic (exact) mass is 356 g/mol. The van der Waals surface area contributed by atoms with Gasteiger partial charge in [-0.25, -0.2) is 0 Å². The molecule has 1 aromatic carbocycles. The normalized spacial score (nSPS) is 18.1. The second-order valence-electron chi connectivity index (χ2n) is 6.34. The van der Waals surface area contributed by atoms with Gasteiger partial charge in [0.2, 0.25) is 11.8 Å². The molecular weight excluding hydrogens is 333 g/mol. The molecule has 1 N–H and O–H groups in total. The summed E-state index contributed by atoms with van der Waals surface area (Å²) in [5.74, 6) is -0.347. The highest BCUT2D eigenvalue weighted by atomic mass is 19.4. The van der Waals surface area contributed by atoms with Gasteiger partial charge in [0, 0.05) is 26.1 Å². The summed E-state index contributed by atoms with van der Waals surface area (Å²) in [6.45, 7) is 3.21. The maximum absolute atomic E-state index is 12.5. The van der Waals surface area contributed by atoms with Crippen molar-refractivity contribution in [1.29, 1.82) is 0 Å². The third-order valence-electron chi connectivity index (χ3n) is 4.36. The van der Waals surface area contributed by atoms with E-state index < -0.39 is 11.7 Å². The number of benzene rings is 1. The molecule has 0 aromatic heterocycles. The van der Waals surface area contributed by atoms with E-state index in [9.17, 15) is 22.8 Å². The first-order valence-corrected chi connectivity index (χ1v) is 8.53. The third kappa shape index (κ3) is 5.47. The van der Waals surface area contributed by atoms with Gasteiger partial charge >= 0.3 is 6.18 Å². The SMILES string of the molecule is CCCC(=O)N1CCCC(C(=O)NCc2ccc(C(F)(F)F)cc2)C1. The van der Waals surface area contributed by atoms with Gasteiger partial charge in [-0.05, 0) is 37.0 Å². The van der Waals surface area contributed by atoms with E-state index in [1.54, 1.807) is 4.90 Å². The lowest BCUT2D eigenvalue weighted by atomic mass is 9.96. The number of nitrogens with zero attached hydrogens (tertiary/aromatic N) is 1. The van der Waals surface area contributed by atoms with Crippen molar-refractivity contribution in [3.05, 3.63) is 35.4 Å². The molecule has 0 saturated carbocycles. The van der Waals surface area contributed by atoms with Crippen molar-refractivity contribution in [2.24, 2.45) is 5.92 Å². The molecule has 25 heavy (non-hydrogen) atoms. The largest absolute Gasteiger partial charge is 0.416 e. The quantitative estimate of drug-likeness (QED) is 0.879. The molecule has 1 aliphatic rings. The molecule has 138 valence electrons. The van der Waals surface area contributed by atoms with Crippen LogP contribution in [0.25, 0.3) is 0 Å². The molecule has 0 bridgehead atoms. The van der Waals surface area contributed by atoms with Crippen LogP contribution < -0.4 is 5.32 Å². The third-order valence-corrected chi connectivity index (χ3v) is 4.36. The van der Waals surface area contributed by atoms with Crippen LogP contribution in [0.3, 0.4) is 0 Å². The summed E-state index contributed by atoms with van der Waals surface area (Å²) in [7, 11) is 0. The smallest absolute Gasteiger partial charge is 0.352 e. The van der Waals surface area contributed by atoms with E-state index in [0.29, 0.717) is 25.1 Å². The standard InChI is InChI=1S/C18H23F3N2O2/c1-2-4-16(24)23-10-3-5-14(12-23)17(25)22-11-13-6-8-15(9-7-13)18(19,20)21/h6-9,14H,2-5,10-12H2,1H3,(H,22,25). The second kappa shape index (κ2) is 8.36. The molecule has 1 unspecified atom stereocenters. The first kappa shape index (κ1) is 19.3. The summed E-state index contributed by atoms with van der Waals surface area (Å²) in [5, 5.41) is 2.76. The van der Waals surface area contributed by atoms with Crippen molar-refractivity contribution >= 4 is 11.8 Å². The van der Waals surface area contributed by atoms with E-state index in [1.807, 2.05) is 6.92 Å². The number of hydrogen-bond donors (Lipinski definition) is 1. The van der Waals surface area contributed by atoms with Gasteiger partial charge in [-0.3, -0.25) is 9.59 Å². The Balaban J connectivity index is 1.86. The fourth-order valence-electron chi connectivity index (χ4n) is 2.93. The number of nitrogens with one attached hydrogen (secondary N) is 1. The minimum Gasteiger partial charge on any atom is -0.352 e. The number of rotatable bonds is 5. The molecule has 1 heterocycles. The van der Waals surface area contributed by atoms with Crippen LogP contribution in [0, 0.1) is 5.92 Å². The molecule has 0 spiro atoms. The summed E-state index contributed by atoms with van der Waals surface area (Å²) in [5.41, 5.74) is -0.101. The minimum absolute atomic E-state index is 0.0720. The van der Waals surface area contributed by atoms with Crippen LogP contribution in [-0.4, -0.2) is 29.8 Å². The van der Waals surface area contributed by atoms with Gasteiger partial charge in [0.15, 0.2) is 0 Å². The average Bonchev–Trinajstić information content (AvgIpc) is 2.59. The zero-order chi connectivity index (χ0) is 18.4. The van der Waals surface area contributed by atoms with Crippen LogP contribution in [0.2, 0.25) is 0 Å². The molecule has 2 amide bonds. The van der Waals surface area contributed by atoms with Crippen molar-refractivity contribution in [2.45, 2.75) is 45.3 Å². The van der Waals surface area contributed by atoms with Crippen molar-refractivity contribution < 1.29 is 22.8 Å².